The molecule has 0 bridgehead atoms. The van der Waals surface area contributed by atoms with Gasteiger partial charge >= 0.3 is 0 Å². The standard InChI is InChI=1S/C19H23ClN4O/c1-22-9-3-7-19(18(22)25)8-11-23(14-19)13-16-4-2-10-24(16)17-6-5-15(20)12-21-17/h2,4-6,10,12H,3,7-9,11,13-14H2,1H3. The Morgan fingerprint density at radius 3 is 2.92 bits per heavy atom. The number of rotatable bonds is 3. The number of amides is 1. The van der Waals surface area contributed by atoms with E-state index in [-0.39, 0.29) is 5.41 Å². The number of piperidine rings is 1. The predicted molar refractivity (Wildman–Crippen MR) is 97.8 cm³/mol. The summed E-state index contributed by atoms with van der Waals surface area (Å²) >= 11 is 5.94. The molecule has 2 fully saturated rings. The van der Waals surface area contributed by atoms with Gasteiger partial charge in [-0.1, -0.05) is 11.6 Å². The molecule has 4 heterocycles. The highest BCUT2D eigenvalue weighted by Crippen LogP contribution is 2.40. The van der Waals surface area contributed by atoms with Gasteiger partial charge in [0.15, 0.2) is 0 Å². The van der Waals surface area contributed by atoms with E-state index in [1.165, 1.54) is 5.69 Å². The Hall–Kier alpha value is -1.85. The average Bonchev–Trinajstić information content (AvgIpc) is 3.22. The smallest absolute Gasteiger partial charge is 0.229 e. The fourth-order valence-electron chi connectivity index (χ4n) is 4.25. The first-order valence-corrected chi connectivity index (χ1v) is 9.21. The molecule has 1 spiro atoms. The molecule has 2 aliphatic rings. The highest BCUT2D eigenvalue weighted by molar-refractivity contribution is 6.30. The van der Waals surface area contributed by atoms with E-state index in [4.69, 9.17) is 11.6 Å². The van der Waals surface area contributed by atoms with Gasteiger partial charge in [-0.25, -0.2) is 4.98 Å². The highest BCUT2D eigenvalue weighted by atomic mass is 35.5. The van der Waals surface area contributed by atoms with Crippen LogP contribution in [0.4, 0.5) is 0 Å². The molecule has 2 aromatic rings. The lowest BCUT2D eigenvalue weighted by molar-refractivity contribution is -0.143. The van der Waals surface area contributed by atoms with Crippen molar-refractivity contribution in [3.05, 3.63) is 47.4 Å². The predicted octanol–water partition coefficient (Wildman–Crippen LogP) is 2.97. The van der Waals surface area contributed by atoms with Crippen LogP contribution in [0.3, 0.4) is 0 Å². The van der Waals surface area contributed by atoms with E-state index in [0.717, 1.165) is 51.3 Å². The summed E-state index contributed by atoms with van der Waals surface area (Å²) in [5.74, 6) is 1.20. The van der Waals surface area contributed by atoms with Crippen molar-refractivity contribution in [1.82, 2.24) is 19.4 Å². The van der Waals surface area contributed by atoms with Crippen molar-refractivity contribution in [1.29, 1.82) is 0 Å². The normalized spacial score (nSPS) is 24.4. The van der Waals surface area contributed by atoms with Crippen LogP contribution in [-0.2, 0) is 11.3 Å². The van der Waals surface area contributed by atoms with Crippen LogP contribution in [0.15, 0.2) is 36.7 Å². The van der Waals surface area contributed by atoms with Crippen LogP contribution in [0, 0.1) is 5.41 Å². The van der Waals surface area contributed by atoms with Gasteiger partial charge in [0, 0.05) is 44.8 Å². The molecule has 2 saturated heterocycles. The van der Waals surface area contributed by atoms with Gasteiger partial charge in [-0.2, -0.15) is 0 Å². The van der Waals surface area contributed by atoms with Crippen LogP contribution in [0.5, 0.6) is 0 Å². The van der Waals surface area contributed by atoms with Crippen LogP contribution in [0.25, 0.3) is 5.82 Å². The number of nitrogens with zero attached hydrogens (tertiary/aromatic N) is 4. The van der Waals surface area contributed by atoms with E-state index in [9.17, 15) is 4.79 Å². The molecule has 1 unspecified atom stereocenters. The quantitative estimate of drug-likeness (QED) is 0.847. The third kappa shape index (κ3) is 3.07. The Morgan fingerprint density at radius 2 is 2.12 bits per heavy atom. The first kappa shape index (κ1) is 16.6. The molecular weight excluding hydrogens is 336 g/mol. The largest absolute Gasteiger partial charge is 0.345 e. The number of carbonyl (C=O) groups excluding carboxylic acids is 1. The Bertz CT molecular complexity index is 772. The number of halogens is 1. The molecule has 1 atom stereocenters. The summed E-state index contributed by atoms with van der Waals surface area (Å²) in [6.45, 7) is 3.55. The zero-order valence-corrected chi connectivity index (χ0v) is 15.2. The zero-order chi connectivity index (χ0) is 17.4. The Morgan fingerprint density at radius 1 is 1.24 bits per heavy atom. The maximum atomic E-state index is 12.7. The lowest BCUT2D eigenvalue weighted by Crippen LogP contribution is -2.48. The van der Waals surface area contributed by atoms with Gasteiger partial charge in [0.25, 0.3) is 0 Å². The van der Waals surface area contributed by atoms with Crippen molar-refractivity contribution in [3.8, 4) is 5.82 Å². The second kappa shape index (κ2) is 6.46. The number of aromatic nitrogens is 2. The number of hydrogen-bond acceptors (Lipinski definition) is 3. The maximum absolute atomic E-state index is 12.7. The van der Waals surface area contributed by atoms with Gasteiger partial charge in [0.2, 0.25) is 5.91 Å². The van der Waals surface area contributed by atoms with Crippen LogP contribution < -0.4 is 0 Å². The molecule has 0 aliphatic carbocycles. The summed E-state index contributed by atoms with van der Waals surface area (Å²) in [5.41, 5.74) is 1.02. The lowest BCUT2D eigenvalue weighted by atomic mass is 9.78. The molecule has 2 aromatic heterocycles. The highest BCUT2D eigenvalue weighted by Gasteiger charge is 2.47. The SMILES string of the molecule is CN1CCCC2(CCN(Cc3cccn3-c3ccc(Cl)cn3)C2)C1=O. The fourth-order valence-corrected chi connectivity index (χ4v) is 4.36. The lowest BCUT2D eigenvalue weighted by Gasteiger charge is -2.37. The van der Waals surface area contributed by atoms with E-state index in [1.54, 1.807) is 6.20 Å². The molecule has 5 nitrogen and oxygen atoms in total. The third-order valence-corrected chi connectivity index (χ3v) is 5.78. The molecule has 2 aliphatic heterocycles. The van der Waals surface area contributed by atoms with Crippen molar-refractivity contribution in [2.75, 3.05) is 26.7 Å². The van der Waals surface area contributed by atoms with Crippen LogP contribution in [-0.4, -0.2) is 51.9 Å². The molecule has 1 amide bonds. The molecule has 0 saturated carbocycles. The minimum absolute atomic E-state index is 0.164. The fraction of sp³-hybridized carbons (Fsp3) is 0.474. The zero-order valence-electron chi connectivity index (χ0n) is 14.5. The van der Waals surface area contributed by atoms with E-state index in [0.29, 0.717) is 10.9 Å². The van der Waals surface area contributed by atoms with Gasteiger partial charge in [-0.05, 0) is 50.1 Å². The van der Waals surface area contributed by atoms with Gasteiger partial charge < -0.3 is 9.47 Å². The number of hydrogen-bond donors (Lipinski definition) is 0. The van der Waals surface area contributed by atoms with Crippen molar-refractivity contribution in [3.63, 3.8) is 0 Å². The Balaban J connectivity index is 1.50. The second-order valence-electron chi connectivity index (χ2n) is 7.28. The van der Waals surface area contributed by atoms with Crippen molar-refractivity contribution < 1.29 is 4.79 Å². The minimum atomic E-state index is -0.164. The summed E-state index contributed by atoms with van der Waals surface area (Å²) in [6.07, 6.45) is 6.79. The molecule has 4 rings (SSSR count). The summed E-state index contributed by atoms with van der Waals surface area (Å²) in [4.78, 5) is 21.4. The molecule has 25 heavy (non-hydrogen) atoms. The topological polar surface area (TPSA) is 41.4 Å². The number of carbonyl (C=O) groups is 1. The van der Waals surface area contributed by atoms with E-state index in [2.05, 4.69) is 20.5 Å². The van der Waals surface area contributed by atoms with Gasteiger partial charge in [-0.15, -0.1) is 0 Å². The summed E-state index contributed by atoms with van der Waals surface area (Å²) in [5, 5.41) is 0.638. The summed E-state index contributed by atoms with van der Waals surface area (Å²) in [6, 6.07) is 7.94. The van der Waals surface area contributed by atoms with Gasteiger partial charge in [0.05, 0.1) is 10.4 Å². The Kier molecular flexibility index (Phi) is 4.29. The van der Waals surface area contributed by atoms with Crippen molar-refractivity contribution in [2.45, 2.75) is 25.8 Å². The maximum Gasteiger partial charge on any atom is 0.229 e. The van der Waals surface area contributed by atoms with Gasteiger partial charge in [-0.3, -0.25) is 9.69 Å². The molecule has 132 valence electrons. The first-order chi connectivity index (χ1) is 12.1. The summed E-state index contributed by atoms with van der Waals surface area (Å²) < 4.78 is 2.09. The number of likely N-dealkylation sites (tertiary alicyclic amines) is 2. The number of pyridine rings is 1. The van der Waals surface area contributed by atoms with Gasteiger partial charge in [0.1, 0.15) is 5.82 Å². The first-order valence-electron chi connectivity index (χ1n) is 8.83. The molecule has 0 N–H and O–H groups in total. The van der Waals surface area contributed by atoms with Crippen molar-refractivity contribution in [2.24, 2.45) is 5.41 Å². The van der Waals surface area contributed by atoms with E-state index < -0.39 is 0 Å². The molecule has 0 radical (unpaired) electrons. The van der Waals surface area contributed by atoms with Crippen LogP contribution in [0.1, 0.15) is 25.0 Å². The second-order valence-corrected chi connectivity index (χ2v) is 7.71. The molecule has 0 aromatic carbocycles. The van der Waals surface area contributed by atoms with Crippen LogP contribution >= 0.6 is 11.6 Å². The van der Waals surface area contributed by atoms with Crippen LogP contribution in [0.2, 0.25) is 5.02 Å². The Labute approximate surface area is 153 Å². The minimum Gasteiger partial charge on any atom is -0.345 e. The molecule has 6 heteroatoms. The average molecular weight is 359 g/mol. The van der Waals surface area contributed by atoms with E-state index >= 15 is 0 Å². The van der Waals surface area contributed by atoms with Crippen molar-refractivity contribution >= 4 is 17.5 Å². The summed E-state index contributed by atoms with van der Waals surface area (Å²) in [7, 11) is 1.93. The monoisotopic (exact) mass is 358 g/mol. The molecular formula is C19H23ClN4O. The van der Waals surface area contributed by atoms with E-state index in [1.807, 2.05) is 36.3 Å². The third-order valence-electron chi connectivity index (χ3n) is 5.56.